The average Bonchev–Trinajstić information content (AvgIpc) is 3.54. The predicted octanol–water partition coefficient (Wildman–Crippen LogP) is 4.93. The van der Waals surface area contributed by atoms with Crippen molar-refractivity contribution in [2.75, 3.05) is 0 Å². The van der Waals surface area contributed by atoms with Crippen LogP contribution in [0.3, 0.4) is 0 Å². The van der Waals surface area contributed by atoms with E-state index < -0.39 is 39.3 Å². The summed E-state index contributed by atoms with van der Waals surface area (Å²) < 4.78 is 79.6. The molecule has 5 nitrogen and oxygen atoms in total. The molecule has 4 aromatic rings. The number of fused-ring (bicyclic) bond motifs is 2. The van der Waals surface area contributed by atoms with Gasteiger partial charge in [0.05, 0.1) is 5.56 Å². The molecular formula is C31H23F3O5SSe. The van der Waals surface area contributed by atoms with Gasteiger partial charge in [0.2, 0.25) is 0 Å². The van der Waals surface area contributed by atoms with E-state index >= 15 is 0 Å². The molecule has 210 valence electrons. The second kappa shape index (κ2) is 10.7. The second-order valence-electron chi connectivity index (χ2n) is 9.73. The molecule has 6 rings (SSSR count). The quantitative estimate of drug-likeness (QED) is 0.229. The Morgan fingerprint density at radius 3 is 2.00 bits per heavy atom. The minimum atomic E-state index is -4.54. The number of ether oxygens (including phenoxy) is 1. The Bertz CT molecular complexity index is 1690. The van der Waals surface area contributed by atoms with Crippen LogP contribution in [0, 0.1) is 0 Å². The molecule has 4 aromatic carbocycles. The topological polar surface area (TPSA) is 72.8 Å². The van der Waals surface area contributed by atoms with Crippen molar-refractivity contribution in [1.82, 2.24) is 0 Å². The molecule has 1 saturated heterocycles. The number of halogens is 3. The first kappa shape index (κ1) is 27.6. The van der Waals surface area contributed by atoms with Gasteiger partial charge in [0, 0.05) is 0 Å². The van der Waals surface area contributed by atoms with Crippen LogP contribution in [-0.4, -0.2) is 45.9 Å². The standard InChI is InChI=1S/C31H23F3O5SSe/c32-31(33,34)21-10-14-23(15-11-21)39-40(36,37)27-18-26-28(19-6-12-22(35)13-7-19)29(30(27)38-26)20-8-16-25(17-9-20)41-24-4-2-1-3-5-24/h1-17,26-27,30,35H,18H2. The first-order valence-corrected chi connectivity index (χ1v) is 15.9. The van der Waals surface area contributed by atoms with E-state index in [1.54, 1.807) is 24.3 Å². The van der Waals surface area contributed by atoms with Crippen LogP contribution in [0.4, 0.5) is 13.2 Å². The molecule has 0 aliphatic carbocycles. The molecule has 2 bridgehead atoms. The maximum absolute atomic E-state index is 13.4. The van der Waals surface area contributed by atoms with Crippen LogP contribution in [0.5, 0.6) is 11.5 Å². The van der Waals surface area contributed by atoms with Crippen molar-refractivity contribution in [2.45, 2.75) is 30.1 Å². The van der Waals surface area contributed by atoms with Gasteiger partial charge in [-0.3, -0.25) is 0 Å². The van der Waals surface area contributed by atoms with Crippen LogP contribution >= 0.6 is 0 Å². The van der Waals surface area contributed by atoms with Crippen molar-refractivity contribution in [2.24, 2.45) is 0 Å². The monoisotopic (exact) mass is 644 g/mol. The fourth-order valence-electron chi connectivity index (χ4n) is 5.22. The molecular weight excluding hydrogens is 620 g/mol. The van der Waals surface area contributed by atoms with Gasteiger partial charge in [0.1, 0.15) is 0 Å². The normalized spacial score (nSPS) is 20.4. The molecule has 10 heteroatoms. The Labute approximate surface area is 241 Å². The van der Waals surface area contributed by atoms with Gasteiger partial charge in [0.25, 0.3) is 0 Å². The van der Waals surface area contributed by atoms with Crippen molar-refractivity contribution in [3.05, 3.63) is 120 Å². The van der Waals surface area contributed by atoms with Crippen molar-refractivity contribution >= 4 is 45.1 Å². The summed E-state index contributed by atoms with van der Waals surface area (Å²) in [6.45, 7) is 0. The number of rotatable bonds is 7. The summed E-state index contributed by atoms with van der Waals surface area (Å²) in [5.74, 6) is -0.0876. The van der Waals surface area contributed by atoms with E-state index in [9.17, 15) is 26.7 Å². The average molecular weight is 644 g/mol. The zero-order valence-corrected chi connectivity index (χ0v) is 23.8. The third-order valence-electron chi connectivity index (χ3n) is 7.08. The zero-order valence-electron chi connectivity index (χ0n) is 21.3. The van der Waals surface area contributed by atoms with E-state index in [1.807, 2.05) is 42.5 Å². The molecule has 0 amide bonds. The Morgan fingerprint density at radius 2 is 1.37 bits per heavy atom. The van der Waals surface area contributed by atoms with Gasteiger partial charge in [-0.2, -0.15) is 13.2 Å². The molecule has 2 heterocycles. The van der Waals surface area contributed by atoms with Gasteiger partial charge in [-0.05, 0) is 0 Å². The van der Waals surface area contributed by atoms with Gasteiger partial charge < -0.3 is 0 Å². The Balaban J connectivity index is 1.32. The van der Waals surface area contributed by atoms with Crippen LogP contribution in [0.15, 0.2) is 103 Å². The van der Waals surface area contributed by atoms with Crippen molar-refractivity contribution in [1.29, 1.82) is 0 Å². The fraction of sp³-hybridized carbons (Fsp3) is 0.161. The van der Waals surface area contributed by atoms with Gasteiger partial charge in [-0.15, -0.1) is 0 Å². The molecule has 0 radical (unpaired) electrons. The summed E-state index contributed by atoms with van der Waals surface area (Å²) in [4.78, 5) is 0. The van der Waals surface area contributed by atoms with Crippen molar-refractivity contribution < 1.29 is 35.6 Å². The van der Waals surface area contributed by atoms with Gasteiger partial charge >= 0.3 is 223 Å². The summed E-state index contributed by atoms with van der Waals surface area (Å²) >= 11 is 0.0977. The van der Waals surface area contributed by atoms with Crippen LogP contribution in [-0.2, 0) is 21.0 Å². The van der Waals surface area contributed by atoms with Gasteiger partial charge in [-0.25, -0.2) is 0 Å². The Kier molecular flexibility index (Phi) is 7.19. The molecule has 3 unspecified atom stereocenters. The van der Waals surface area contributed by atoms with Crippen LogP contribution < -0.4 is 13.1 Å². The molecule has 1 fully saturated rings. The minimum absolute atomic E-state index is 0.0977. The number of phenolic OH excluding ortho intramolecular Hbond substituents is 1. The fourth-order valence-corrected chi connectivity index (χ4v) is 8.39. The molecule has 0 spiro atoms. The molecule has 2 aliphatic rings. The number of phenols is 1. The molecule has 41 heavy (non-hydrogen) atoms. The number of benzene rings is 4. The molecule has 3 atom stereocenters. The zero-order chi connectivity index (χ0) is 28.8. The first-order valence-electron chi connectivity index (χ1n) is 12.7. The third-order valence-corrected chi connectivity index (χ3v) is 10.8. The van der Waals surface area contributed by atoms with Gasteiger partial charge in [-0.1, -0.05) is 0 Å². The number of alkyl halides is 3. The van der Waals surface area contributed by atoms with Crippen LogP contribution in [0.1, 0.15) is 23.1 Å². The number of hydrogen-bond donors (Lipinski definition) is 1. The molecule has 2 aliphatic heterocycles. The summed E-state index contributed by atoms with van der Waals surface area (Å²) in [6, 6.07) is 28.3. The maximum atomic E-state index is 13.4. The summed E-state index contributed by atoms with van der Waals surface area (Å²) in [6.07, 6.45) is -5.79. The Hall–Kier alpha value is -3.56. The molecule has 1 N–H and O–H groups in total. The van der Waals surface area contributed by atoms with E-state index in [2.05, 4.69) is 12.1 Å². The first-order chi connectivity index (χ1) is 19.6. The van der Waals surface area contributed by atoms with E-state index in [0.717, 1.165) is 51.0 Å². The van der Waals surface area contributed by atoms with Gasteiger partial charge in [0.15, 0.2) is 0 Å². The SMILES string of the molecule is O=S(=O)(Oc1ccc(C(F)(F)F)cc1)C1CC2OC1C(c1ccc([Se]c3ccccc3)cc1)=C2c1ccc(O)cc1. The van der Waals surface area contributed by atoms with Crippen molar-refractivity contribution in [3.8, 4) is 11.5 Å². The van der Waals surface area contributed by atoms with E-state index in [1.165, 1.54) is 4.46 Å². The van der Waals surface area contributed by atoms with Crippen molar-refractivity contribution in [3.63, 3.8) is 0 Å². The number of hydrogen-bond acceptors (Lipinski definition) is 5. The van der Waals surface area contributed by atoms with E-state index in [-0.39, 0.29) is 32.9 Å². The molecule has 0 aromatic heterocycles. The summed E-state index contributed by atoms with van der Waals surface area (Å²) in [5.41, 5.74) is 2.28. The second-order valence-corrected chi connectivity index (χ2v) is 13.9. The number of aromatic hydroxyl groups is 1. The third kappa shape index (κ3) is 5.65. The summed E-state index contributed by atoms with van der Waals surface area (Å²) in [5, 5.41) is 8.76. The summed E-state index contributed by atoms with van der Waals surface area (Å²) in [7, 11) is -4.27. The Morgan fingerprint density at radius 1 is 0.780 bits per heavy atom. The molecule has 0 saturated carbocycles. The predicted molar refractivity (Wildman–Crippen MR) is 151 cm³/mol. The van der Waals surface area contributed by atoms with E-state index in [4.69, 9.17) is 8.92 Å². The van der Waals surface area contributed by atoms with Crippen LogP contribution in [0.25, 0.3) is 11.1 Å². The van der Waals surface area contributed by atoms with Crippen LogP contribution in [0.2, 0.25) is 0 Å². The van der Waals surface area contributed by atoms with E-state index in [0.29, 0.717) is 0 Å².